The molecule has 1 aliphatic rings. The van der Waals surface area contributed by atoms with E-state index >= 15 is 0 Å². The summed E-state index contributed by atoms with van der Waals surface area (Å²) in [6.07, 6.45) is -1.08. The number of nitrogens with zero attached hydrogens (tertiary/aromatic N) is 6. The molecule has 2 heterocycles. The van der Waals surface area contributed by atoms with E-state index in [-0.39, 0.29) is 98.8 Å². The zero-order valence-corrected chi connectivity index (χ0v) is 28.8. The Labute approximate surface area is 294 Å². The van der Waals surface area contributed by atoms with E-state index in [4.69, 9.17) is 10.5 Å². The minimum atomic E-state index is -5.07. The number of nitrogens with one attached hydrogen (secondary N) is 1. The Morgan fingerprint density at radius 3 is 2.32 bits per heavy atom. The number of phenols is 1. The number of ether oxygens (including phenoxy) is 1. The van der Waals surface area contributed by atoms with Gasteiger partial charge in [0.2, 0.25) is 11.9 Å². The van der Waals surface area contributed by atoms with E-state index in [9.17, 15) is 35.4 Å². The Hall–Kier alpha value is -2.56. The molecule has 3 aromatic carbocycles. The first-order chi connectivity index (χ1) is 19.8. The number of halogens is 1. The van der Waals surface area contributed by atoms with E-state index in [0.717, 1.165) is 18.2 Å². The fourth-order valence-electron chi connectivity index (χ4n) is 4.08. The number of fused-ring (bicyclic) bond motifs is 1. The number of hydrogen-bond donors (Lipinski definition) is 3. The molecule has 1 fully saturated rings. The van der Waals surface area contributed by atoms with Crippen LogP contribution in [0.3, 0.4) is 0 Å². The van der Waals surface area contributed by atoms with Crippen LogP contribution in [0.5, 0.6) is 5.75 Å². The molecular formula is C23H19FN8Na2O8S2. The summed E-state index contributed by atoms with van der Waals surface area (Å²) in [7, 11) is -9.98. The third-order valence-electron chi connectivity index (χ3n) is 6.00. The molecule has 0 unspecified atom stereocenters. The zero-order chi connectivity index (χ0) is 30.2. The van der Waals surface area contributed by atoms with Crippen LogP contribution in [-0.4, -0.2) is 72.3 Å². The molecule has 0 atom stereocenters. The number of rotatable bonds is 7. The zero-order valence-electron chi connectivity index (χ0n) is 23.1. The minimum absolute atomic E-state index is 0. The molecule has 5 rings (SSSR count). The Bertz CT molecular complexity index is 1960. The van der Waals surface area contributed by atoms with Gasteiger partial charge in [0.15, 0.2) is 0 Å². The molecule has 1 saturated heterocycles. The van der Waals surface area contributed by atoms with E-state index < -0.39 is 47.5 Å². The van der Waals surface area contributed by atoms with Gasteiger partial charge in [0, 0.05) is 18.8 Å². The van der Waals surface area contributed by atoms with E-state index in [1.807, 2.05) is 0 Å². The Morgan fingerprint density at radius 1 is 0.955 bits per heavy atom. The summed E-state index contributed by atoms with van der Waals surface area (Å²) in [6.45, 7) is 1.63. The first-order valence-corrected chi connectivity index (χ1v) is 14.7. The van der Waals surface area contributed by atoms with Crippen LogP contribution in [0.2, 0.25) is 0 Å². The monoisotopic (exact) mass is 664 g/mol. The van der Waals surface area contributed by atoms with E-state index in [1.54, 1.807) is 4.90 Å². The minimum Gasteiger partial charge on any atom is -0.744 e. The van der Waals surface area contributed by atoms with Crippen molar-refractivity contribution in [2.45, 2.75) is 9.79 Å². The van der Waals surface area contributed by atoms with Crippen LogP contribution in [0, 0.1) is 6.08 Å². The summed E-state index contributed by atoms with van der Waals surface area (Å²) in [5.74, 6) is -0.841. The van der Waals surface area contributed by atoms with Crippen molar-refractivity contribution in [2.75, 3.05) is 42.3 Å². The quantitative estimate of drug-likeness (QED) is 0.0744. The average molecular weight is 665 g/mol. The number of nitrogen functional groups attached to an aromatic ring is 1. The van der Waals surface area contributed by atoms with Crippen molar-refractivity contribution < 1.29 is 99.3 Å². The third-order valence-corrected chi connectivity index (χ3v) is 7.69. The number of benzene rings is 3. The standard InChI is InChI=1S/C23H21FN8O8S2.2Na/c24-21-27-22(29-23(28-21)32-5-7-40-8-6-32)26-13-2-4-18(42(37,38)39)16(10-13)30-31-20-15(25)3-1-12-9-14(41(34,35)36)11-17(33)19(12)20;;/h1-4,9-11,33H,5-8,25H2,(H,34,35,36)(H,37,38,39)(H,26,27,28,29);;/q;2*+1/p-2. The molecule has 1 aromatic heterocycles. The van der Waals surface area contributed by atoms with Crippen molar-refractivity contribution in [3.05, 3.63) is 48.5 Å². The van der Waals surface area contributed by atoms with Gasteiger partial charge in [0.1, 0.15) is 37.4 Å². The summed E-state index contributed by atoms with van der Waals surface area (Å²) in [5, 5.41) is 20.9. The molecule has 44 heavy (non-hydrogen) atoms. The first kappa shape index (κ1) is 35.9. The van der Waals surface area contributed by atoms with Gasteiger partial charge in [0.25, 0.3) is 0 Å². The Kier molecular flexibility index (Phi) is 11.6. The van der Waals surface area contributed by atoms with Crippen molar-refractivity contribution in [1.82, 2.24) is 15.0 Å². The van der Waals surface area contributed by atoms with Gasteiger partial charge >= 0.3 is 65.2 Å². The second-order valence-electron chi connectivity index (χ2n) is 8.79. The molecule has 0 radical (unpaired) electrons. The van der Waals surface area contributed by atoms with Crippen molar-refractivity contribution in [2.24, 2.45) is 10.2 Å². The van der Waals surface area contributed by atoms with Gasteiger partial charge < -0.3 is 34.9 Å². The Morgan fingerprint density at radius 2 is 1.66 bits per heavy atom. The van der Waals surface area contributed by atoms with E-state index in [0.29, 0.717) is 32.4 Å². The molecule has 220 valence electrons. The van der Waals surface area contributed by atoms with Crippen LogP contribution in [0.1, 0.15) is 0 Å². The maximum atomic E-state index is 14.2. The number of aromatic hydroxyl groups is 1. The normalized spacial score (nSPS) is 13.8. The first-order valence-electron chi connectivity index (χ1n) is 11.8. The summed E-state index contributed by atoms with van der Waals surface area (Å²) in [4.78, 5) is 11.7. The van der Waals surface area contributed by atoms with Gasteiger partial charge in [-0.15, -0.1) is 10.2 Å². The molecule has 4 aromatic rings. The van der Waals surface area contributed by atoms with Crippen molar-refractivity contribution in [3.8, 4) is 5.75 Å². The molecule has 16 nitrogen and oxygen atoms in total. The molecule has 0 saturated carbocycles. The predicted molar refractivity (Wildman–Crippen MR) is 143 cm³/mol. The second-order valence-corrected chi connectivity index (χ2v) is 11.5. The fourth-order valence-corrected chi connectivity index (χ4v) is 5.20. The van der Waals surface area contributed by atoms with Crippen LogP contribution in [-0.2, 0) is 25.0 Å². The smallest absolute Gasteiger partial charge is 0.744 e. The summed E-state index contributed by atoms with van der Waals surface area (Å²) >= 11 is 0. The molecule has 0 aliphatic carbocycles. The van der Waals surface area contributed by atoms with E-state index in [1.165, 1.54) is 18.2 Å². The van der Waals surface area contributed by atoms with E-state index in [2.05, 4.69) is 30.5 Å². The van der Waals surface area contributed by atoms with Crippen molar-refractivity contribution in [1.29, 1.82) is 0 Å². The SMILES string of the molecule is Nc1ccc2cc(S(=O)(=O)[O-])cc(O)c2c1N=Nc1cc(Nc2nc(F)nc(N3CCOCC3)n2)ccc1S(=O)(=O)[O-].[Na+].[Na+]. The molecular weight excluding hydrogens is 645 g/mol. The maximum absolute atomic E-state index is 14.2. The van der Waals surface area contributed by atoms with Gasteiger partial charge in [-0.2, -0.15) is 19.3 Å². The summed E-state index contributed by atoms with van der Waals surface area (Å²) in [6, 6.07) is 7.57. The molecule has 21 heteroatoms. The molecule has 0 bridgehead atoms. The van der Waals surface area contributed by atoms with Crippen LogP contribution >= 0.6 is 0 Å². The molecule has 0 amide bonds. The fraction of sp³-hybridized carbons (Fsp3) is 0.174. The molecule has 4 N–H and O–H groups in total. The molecule has 0 spiro atoms. The summed E-state index contributed by atoms with van der Waals surface area (Å²) < 4.78 is 89.6. The van der Waals surface area contributed by atoms with Crippen LogP contribution in [0.25, 0.3) is 10.8 Å². The van der Waals surface area contributed by atoms with Crippen LogP contribution in [0.4, 0.5) is 39.0 Å². The van der Waals surface area contributed by atoms with Crippen molar-refractivity contribution in [3.63, 3.8) is 0 Å². The van der Waals surface area contributed by atoms with Gasteiger partial charge in [-0.25, -0.2) is 16.8 Å². The van der Waals surface area contributed by atoms with Crippen LogP contribution in [0.15, 0.2) is 62.5 Å². The van der Waals surface area contributed by atoms with Crippen molar-refractivity contribution >= 4 is 65.7 Å². The second kappa shape index (κ2) is 14.3. The number of morpholine rings is 1. The van der Waals surface area contributed by atoms with Gasteiger partial charge in [-0.1, -0.05) is 6.07 Å². The van der Waals surface area contributed by atoms with Gasteiger partial charge in [-0.3, -0.25) is 0 Å². The average Bonchev–Trinajstić information content (AvgIpc) is 2.91. The number of azo groups is 1. The number of aromatic nitrogens is 3. The third kappa shape index (κ3) is 8.17. The number of phenolic OH excluding ortho intramolecular Hbond substituents is 1. The topological polar surface area (TPSA) is 249 Å². The summed E-state index contributed by atoms with van der Waals surface area (Å²) in [5.41, 5.74) is 5.34. The number of hydrogen-bond acceptors (Lipinski definition) is 16. The largest absolute Gasteiger partial charge is 1.00 e. The Balaban J connectivity index is 0.00000264. The predicted octanol–water partition coefficient (Wildman–Crippen LogP) is -3.74. The molecule has 1 aliphatic heterocycles. The maximum Gasteiger partial charge on any atom is 1.00 e. The van der Waals surface area contributed by atoms with Crippen LogP contribution < -0.4 is 75.1 Å². The number of nitrogens with two attached hydrogens (primary N) is 1. The van der Waals surface area contributed by atoms with Gasteiger partial charge in [-0.05, 0) is 41.8 Å². The van der Waals surface area contributed by atoms with Gasteiger partial charge in [0.05, 0.1) is 34.1 Å². The number of anilines is 4.